The van der Waals surface area contributed by atoms with Gasteiger partial charge in [-0.2, -0.15) is 9.78 Å². The molecule has 0 amide bonds. The molecule has 0 spiro atoms. The quantitative estimate of drug-likeness (QED) is 0.362. The Morgan fingerprint density at radius 2 is 1.60 bits per heavy atom. The Labute approximate surface area is 200 Å². The molecule has 0 bridgehead atoms. The fraction of sp³-hybridized carbons (Fsp3) is 0.111. The summed E-state index contributed by atoms with van der Waals surface area (Å²) in [6.07, 6.45) is 4.06. The summed E-state index contributed by atoms with van der Waals surface area (Å²) in [7, 11) is 0. The molecule has 8 heteroatoms. The molecule has 0 saturated heterocycles. The van der Waals surface area contributed by atoms with Gasteiger partial charge in [-0.05, 0) is 43.2 Å². The summed E-state index contributed by atoms with van der Waals surface area (Å²) < 4.78 is 3.30. The topological polar surface area (TPSA) is 90.8 Å². The van der Waals surface area contributed by atoms with E-state index in [9.17, 15) is 4.79 Å². The largest absolute Gasteiger partial charge is 0.296 e. The first kappa shape index (κ1) is 20.9. The third kappa shape index (κ3) is 3.74. The lowest BCUT2D eigenvalue weighted by atomic mass is 10.1. The van der Waals surface area contributed by atoms with Crippen LogP contribution in [0, 0.1) is 6.92 Å². The number of fused-ring (bicyclic) bond motifs is 4. The number of nitrogens with zero attached hydrogens (tertiary/aromatic N) is 7. The van der Waals surface area contributed by atoms with Crippen LogP contribution in [0.5, 0.6) is 0 Å². The van der Waals surface area contributed by atoms with Crippen molar-refractivity contribution < 1.29 is 0 Å². The lowest BCUT2D eigenvalue weighted by Crippen LogP contribution is -2.25. The molecule has 0 aliphatic carbocycles. The van der Waals surface area contributed by atoms with Gasteiger partial charge >= 0.3 is 0 Å². The van der Waals surface area contributed by atoms with E-state index < -0.39 is 0 Å². The van der Waals surface area contributed by atoms with E-state index in [2.05, 4.69) is 22.2 Å². The van der Waals surface area contributed by atoms with Crippen molar-refractivity contribution in [3.63, 3.8) is 0 Å². The van der Waals surface area contributed by atoms with Gasteiger partial charge in [-0.1, -0.05) is 48.5 Å². The Morgan fingerprint density at radius 3 is 2.37 bits per heavy atom. The molecule has 4 aromatic heterocycles. The Kier molecular flexibility index (Phi) is 5.11. The summed E-state index contributed by atoms with van der Waals surface area (Å²) in [5, 5.41) is 5.03. The molecule has 4 heterocycles. The number of para-hydroxylation sites is 2. The van der Waals surface area contributed by atoms with E-state index in [1.807, 2.05) is 67.6 Å². The molecule has 6 aromatic rings. The summed E-state index contributed by atoms with van der Waals surface area (Å²) in [6, 6.07) is 23.3. The second-order valence-electron chi connectivity index (χ2n) is 8.25. The Balaban J connectivity index is 1.58. The van der Waals surface area contributed by atoms with Crippen LogP contribution in [0.3, 0.4) is 0 Å². The van der Waals surface area contributed by atoms with Crippen molar-refractivity contribution in [2.75, 3.05) is 0 Å². The van der Waals surface area contributed by atoms with Gasteiger partial charge in [0.15, 0.2) is 11.3 Å². The maximum atomic E-state index is 13.8. The van der Waals surface area contributed by atoms with Gasteiger partial charge in [-0.3, -0.25) is 14.3 Å². The number of pyridine rings is 1. The second kappa shape index (κ2) is 8.57. The van der Waals surface area contributed by atoms with Crippen molar-refractivity contribution in [1.82, 2.24) is 29.2 Å². The summed E-state index contributed by atoms with van der Waals surface area (Å²) in [4.78, 5) is 32.5. The predicted octanol–water partition coefficient (Wildman–Crippen LogP) is 4.12. The first-order valence-electron chi connectivity index (χ1n) is 11.4. The third-order valence-electron chi connectivity index (χ3n) is 5.99. The van der Waals surface area contributed by atoms with Crippen LogP contribution in [0.4, 0.5) is 0 Å². The molecule has 6 rings (SSSR count). The van der Waals surface area contributed by atoms with Gasteiger partial charge in [0.1, 0.15) is 16.7 Å². The van der Waals surface area contributed by atoms with Crippen molar-refractivity contribution in [1.29, 1.82) is 0 Å². The molecular formula is C27H21N7O. The minimum atomic E-state index is -0.148. The number of hydrogen-bond donors (Lipinski definition) is 0. The normalized spacial score (nSPS) is 11.8. The molecular weight excluding hydrogens is 438 g/mol. The van der Waals surface area contributed by atoms with Crippen LogP contribution in [-0.4, -0.2) is 35.4 Å². The molecule has 8 nitrogen and oxygen atoms in total. The van der Waals surface area contributed by atoms with Crippen LogP contribution in [0.25, 0.3) is 33.2 Å². The van der Waals surface area contributed by atoms with Crippen LogP contribution >= 0.6 is 0 Å². The van der Waals surface area contributed by atoms with Gasteiger partial charge in [0, 0.05) is 12.7 Å². The van der Waals surface area contributed by atoms with E-state index in [0.717, 1.165) is 17.5 Å². The SMILES string of the molecule is Cc1nc2c(c(=O)n1CCc1ccccc1)c1nc3ccccc3nc1n2/N=C\c1ccccn1. The minimum Gasteiger partial charge on any atom is -0.296 e. The third-order valence-corrected chi connectivity index (χ3v) is 5.99. The molecule has 35 heavy (non-hydrogen) atoms. The number of benzene rings is 2. The standard InChI is InChI=1S/C27H21N7O/c1-18-30-25-23(27(35)33(18)16-14-19-9-3-2-4-10-19)24-26(32-22-13-6-5-12-21(22)31-24)34(25)29-17-20-11-7-8-15-28-20/h2-13,15,17H,14,16H2,1H3/b29-17-. The van der Waals surface area contributed by atoms with Crippen LogP contribution in [-0.2, 0) is 13.0 Å². The molecule has 170 valence electrons. The molecule has 2 aromatic carbocycles. The zero-order valence-corrected chi connectivity index (χ0v) is 19.0. The average Bonchev–Trinajstić information content (AvgIpc) is 3.19. The second-order valence-corrected chi connectivity index (χ2v) is 8.25. The minimum absolute atomic E-state index is 0.148. The maximum absolute atomic E-state index is 13.8. The van der Waals surface area contributed by atoms with Crippen molar-refractivity contribution in [3.8, 4) is 0 Å². The van der Waals surface area contributed by atoms with Gasteiger partial charge in [0.05, 0.1) is 22.9 Å². The van der Waals surface area contributed by atoms with Crippen molar-refractivity contribution in [2.24, 2.45) is 5.10 Å². The van der Waals surface area contributed by atoms with Crippen molar-refractivity contribution in [2.45, 2.75) is 19.9 Å². The van der Waals surface area contributed by atoms with E-state index in [-0.39, 0.29) is 5.56 Å². The Morgan fingerprint density at radius 1 is 0.857 bits per heavy atom. The maximum Gasteiger partial charge on any atom is 0.265 e. The van der Waals surface area contributed by atoms with E-state index in [4.69, 9.17) is 15.0 Å². The van der Waals surface area contributed by atoms with Crippen LogP contribution < -0.4 is 5.56 Å². The number of hydrogen-bond acceptors (Lipinski definition) is 6. The predicted molar refractivity (Wildman–Crippen MR) is 137 cm³/mol. The Hall–Kier alpha value is -4.72. The summed E-state index contributed by atoms with van der Waals surface area (Å²) >= 11 is 0. The van der Waals surface area contributed by atoms with Crippen LogP contribution in [0.1, 0.15) is 17.1 Å². The zero-order valence-electron chi connectivity index (χ0n) is 19.0. The molecule has 0 fully saturated rings. The van der Waals surface area contributed by atoms with E-state index in [1.54, 1.807) is 21.7 Å². The monoisotopic (exact) mass is 459 g/mol. The lowest BCUT2D eigenvalue weighted by Gasteiger charge is -2.10. The van der Waals surface area contributed by atoms with Crippen LogP contribution in [0.15, 0.2) is 88.9 Å². The number of aryl methyl sites for hydroxylation is 2. The van der Waals surface area contributed by atoms with Crippen molar-refractivity contribution >= 4 is 39.4 Å². The summed E-state index contributed by atoms with van der Waals surface area (Å²) in [6.45, 7) is 2.36. The highest BCUT2D eigenvalue weighted by atomic mass is 16.1. The highest BCUT2D eigenvalue weighted by Gasteiger charge is 2.21. The molecule has 0 N–H and O–H groups in total. The highest BCUT2D eigenvalue weighted by Crippen LogP contribution is 2.25. The molecule has 0 aliphatic heterocycles. The fourth-order valence-electron chi connectivity index (χ4n) is 4.24. The fourth-order valence-corrected chi connectivity index (χ4v) is 4.24. The first-order valence-corrected chi connectivity index (χ1v) is 11.4. The van der Waals surface area contributed by atoms with Gasteiger partial charge in [-0.25, -0.2) is 15.0 Å². The zero-order chi connectivity index (χ0) is 23.8. The molecule has 0 saturated carbocycles. The van der Waals surface area contributed by atoms with Crippen LogP contribution in [0.2, 0.25) is 0 Å². The van der Waals surface area contributed by atoms with Gasteiger partial charge in [0.25, 0.3) is 5.56 Å². The molecule has 0 atom stereocenters. The number of aromatic nitrogens is 6. The van der Waals surface area contributed by atoms with Crippen molar-refractivity contribution in [3.05, 3.63) is 106 Å². The molecule has 0 aliphatic rings. The molecule has 0 radical (unpaired) electrons. The van der Waals surface area contributed by atoms with Gasteiger partial charge in [-0.15, -0.1) is 0 Å². The van der Waals surface area contributed by atoms with E-state index >= 15 is 0 Å². The smallest absolute Gasteiger partial charge is 0.265 e. The molecule has 0 unspecified atom stereocenters. The summed E-state index contributed by atoms with van der Waals surface area (Å²) in [5.41, 5.74) is 4.53. The summed E-state index contributed by atoms with van der Waals surface area (Å²) in [5.74, 6) is 0.611. The Bertz CT molecular complexity index is 1770. The van der Waals surface area contributed by atoms with Gasteiger partial charge in [0.2, 0.25) is 0 Å². The number of rotatable bonds is 5. The first-order chi connectivity index (χ1) is 17.2. The highest BCUT2D eigenvalue weighted by molar-refractivity contribution is 6.04. The average molecular weight is 460 g/mol. The van der Waals surface area contributed by atoms with Gasteiger partial charge < -0.3 is 0 Å². The van der Waals surface area contributed by atoms with E-state index in [0.29, 0.717) is 45.8 Å². The lowest BCUT2D eigenvalue weighted by molar-refractivity contribution is 0.636. The van der Waals surface area contributed by atoms with E-state index in [1.165, 1.54) is 0 Å².